The molecule has 0 saturated heterocycles. The number of ether oxygens (including phenoxy) is 1. The summed E-state index contributed by atoms with van der Waals surface area (Å²) in [5.41, 5.74) is 0.565. The minimum atomic E-state index is -0.463. The summed E-state index contributed by atoms with van der Waals surface area (Å²) < 4.78 is 23.2. The molecule has 20 heavy (non-hydrogen) atoms. The molecule has 5 nitrogen and oxygen atoms in total. The lowest BCUT2D eigenvalue weighted by molar-refractivity contribution is -0.121. The third-order valence-corrected chi connectivity index (χ3v) is 2.85. The topological polar surface area (TPSA) is 65.2 Å². The molecule has 2 rings (SSSR count). The Labute approximate surface area is 115 Å². The summed E-state index contributed by atoms with van der Waals surface area (Å²) in [6.07, 6.45) is 0.100. The zero-order chi connectivity index (χ0) is 14.7. The van der Waals surface area contributed by atoms with Crippen molar-refractivity contribution in [3.63, 3.8) is 0 Å². The number of Topliss-reactive ketones (excluding diaryl/α,β-unsaturated/α-hetero) is 1. The van der Waals surface area contributed by atoms with E-state index in [0.29, 0.717) is 11.4 Å². The standard InChI is InChI=1S/C14H15FN2O3/c1-8(2)11(18)7-13-16-14(17-20-13)9-4-5-10(15)12(6-9)19-3/h4-6,8H,7H2,1-3H3. The van der Waals surface area contributed by atoms with Gasteiger partial charge in [-0.15, -0.1) is 0 Å². The zero-order valence-corrected chi connectivity index (χ0v) is 11.5. The highest BCUT2D eigenvalue weighted by Crippen LogP contribution is 2.24. The fourth-order valence-corrected chi connectivity index (χ4v) is 1.60. The molecule has 0 N–H and O–H groups in total. The predicted octanol–water partition coefficient (Wildman–Crippen LogP) is 2.65. The van der Waals surface area contributed by atoms with E-state index in [1.165, 1.54) is 25.3 Å². The van der Waals surface area contributed by atoms with Gasteiger partial charge in [0.2, 0.25) is 11.7 Å². The number of carbonyl (C=O) groups is 1. The van der Waals surface area contributed by atoms with Gasteiger partial charge in [-0.2, -0.15) is 4.98 Å². The molecular weight excluding hydrogens is 263 g/mol. The SMILES string of the molecule is COc1cc(-c2noc(CC(=O)C(C)C)n2)ccc1F. The predicted molar refractivity (Wildman–Crippen MR) is 69.8 cm³/mol. The molecule has 0 aliphatic heterocycles. The first-order chi connectivity index (χ1) is 9.51. The van der Waals surface area contributed by atoms with Gasteiger partial charge in [0.15, 0.2) is 11.6 Å². The molecule has 0 amide bonds. The number of hydrogen-bond donors (Lipinski definition) is 0. The molecule has 1 aromatic carbocycles. The van der Waals surface area contributed by atoms with E-state index < -0.39 is 5.82 Å². The first kappa shape index (κ1) is 14.2. The maximum atomic E-state index is 13.3. The Morgan fingerprint density at radius 2 is 2.20 bits per heavy atom. The van der Waals surface area contributed by atoms with E-state index in [2.05, 4.69) is 10.1 Å². The van der Waals surface area contributed by atoms with Gasteiger partial charge >= 0.3 is 0 Å². The molecule has 6 heteroatoms. The van der Waals surface area contributed by atoms with Crippen LogP contribution in [0.15, 0.2) is 22.7 Å². The molecule has 0 aliphatic carbocycles. The minimum Gasteiger partial charge on any atom is -0.494 e. The average molecular weight is 278 g/mol. The van der Waals surface area contributed by atoms with Crippen molar-refractivity contribution in [1.29, 1.82) is 0 Å². The number of benzene rings is 1. The van der Waals surface area contributed by atoms with Crippen LogP contribution in [0.25, 0.3) is 11.4 Å². The summed E-state index contributed by atoms with van der Waals surface area (Å²) in [5, 5.41) is 3.79. The van der Waals surface area contributed by atoms with Crippen LogP contribution in [0.2, 0.25) is 0 Å². The Kier molecular flexibility index (Phi) is 4.12. The smallest absolute Gasteiger partial charge is 0.234 e. The lowest BCUT2D eigenvalue weighted by Gasteiger charge is -2.02. The highest BCUT2D eigenvalue weighted by molar-refractivity contribution is 5.81. The summed E-state index contributed by atoms with van der Waals surface area (Å²) in [5.74, 6) is 0.132. The maximum Gasteiger partial charge on any atom is 0.234 e. The maximum absolute atomic E-state index is 13.3. The quantitative estimate of drug-likeness (QED) is 0.841. The van der Waals surface area contributed by atoms with Gasteiger partial charge in [-0.1, -0.05) is 19.0 Å². The first-order valence-corrected chi connectivity index (χ1v) is 6.20. The summed E-state index contributed by atoms with van der Waals surface area (Å²) in [7, 11) is 1.38. The molecule has 106 valence electrons. The van der Waals surface area contributed by atoms with Crippen LogP contribution >= 0.6 is 0 Å². The van der Waals surface area contributed by atoms with Crippen molar-refractivity contribution in [2.24, 2.45) is 5.92 Å². The summed E-state index contributed by atoms with van der Waals surface area (Å²) in [6, 6.07) is 4.27. The van der Waals surface area contributed by atoms with Gasteiger partial charge in [0.25, 0.3) is 0 Å². The van der Waals surface area contributed by atoms with Crippen molar-refractivity contribution < 1.29 is 18.4 Å². The van der Waals surface area contributed by atoms with E-state index in [1.54, 1.807) is 0 Å². The van der Waals surface area contributed by atoms with Crippen molar-refractivity contribution in [1.82, 2.24) is 10.1 Å². The molecule has 0 unspecified atom stereocenters. The second-order valence-corrected chi connectivity index (χ2v) is 4.66. The molecule has 0 atom stereocenters. The van der Waals surface area contributed by atoms with Crippen LogP contribution in [-0.2, 0) is 11.2 Å². The van der Waals surface area contributed by atoms with Gasteiger partial charge in [-0.3, -0.25) is 4.79 Å². The van der Waals surface area contributed by atoms with Crippen LogP contribution in [0.5, 0.6) is 5.75 Å². The minimum absolute atomic E-state index is 0.0249. The molecule has 1 aromatic heterocycles. The van der Waals surface area contributed by atoms with E-state index in [0.717, 1.165) is 0 Å². The highest BCUT2D eigenvalue weighted by Gasteiger charge is 2.15. The Morgan fingerprint density at radius 3 is 2.85 bits per heavy atom. The summed E-state index contributed by atoms with van der Waals surface area (Å²) >= 11 is 0. The van der Waals surface area contributed by atoms with Gasteiger partial charge in [-0.25, -0.2) is 4.39 Å². The third kappa shape index (κ3) is 3.01. The third-order valence-electron chi connectivity index (χ3n) is 2.85. The number of methoxy groups -OCH3 is 1. The fraction of sp³-hybridized carbons (Fsp3) is 0.357. The molecule has 0 saturated carbocycles. The van der Waals surface area contributed by atoms with Crippen molar-refractivity contribution in [3.8, 4) is 17.1 Å². The number of rotatable bonds is 5. The largest absolute Gasteiger partial charge is 0.494 e. The van der Waals surface area contributed by atoms with Crippen LogP contribution in [-0.4, -0.2) is 23.0 Å². The van der Waals surface area contributed by atoms with Crippen molar-refractivity contribution >= 4 is 5.78 Å². The molecule has 0 aliphatic rings. The Balaban J connectivity index is 2.22. The van der Waals surface area contributed by atoms with Crippen molar-refractivity contribution in [3.05, 3.63) is 29.9 Å². The average Bonchev–Trinajstić information content (AvgIpc) is 2.87. The second kappa shape index (κ2) is 5.81. The summed E-state index contributed by atoms with van der Waals surface area (Å²) in [6.45, 7) is 3.62. The number of halogens is 1. The van der Waals surface area contributed by atoms with E-state index in [4.69, 9.17) is 9.26 Å². The molecule has 0 bridgehead atoms. The van der Waals surface area contributed by atoms with Crippen LogP contribution in [0, 0.1) is 11.7 Å². The van der Waals surface area contributed by atoms with Crippen molar-refractivity contribution in [2.45, 2.75) is 20.3 Å². The number of hydrogen-bond acceptors (Lipinski definition) is 5. The highest BCUT2D eigenvalue weighted by atomic mass is 19.1. The van der Waals surface area contributed by atoms with E-state index in [1.807, 2.05) is 13.8 Å². The van der Waals surface area contributed by atoms with Gasteiger partial charge in [0.1, 0.15) is 5.78 Å². The normalized spacial score (nSPS) is 10.8. The van der Waals surface area contributed by atoms with E-state index in [-0.39, 0.29) is 29.8 Å². The molecular formula is C14H15FN2O3. The number of nitrogens with zero attached hydrogens (tertiary/aromatic N) is 2. The Morgan fingerprint density at radius 1 is 1.45 bits per heavy atom. The Bertz CT molecular complexity index is 623. The van der Waals surface area contributed by atoms with Gasteiger partial charge in [0.05, 0.1) is 13.5 Å². The van der Waals surface area contributed by atoms with Crippen LogP contribution in [0.3, 0.4) is 0 Å². The van der Waals surface area contributed by atoms with Crippen molar-refractivity contribution in [2.75, 3.05) is 7.11 Å². The first-order valence-electron chi connectivity index (χ1n) is 6.20. The molecule has 0 spiro atoms. The zero-order valence-electron chi connectivity index (χ0n) is 11.5. The lowest BCUT2D eigenvalue weighted by atomic mass is 10.1. The van der Waals surface area contributed by atoms with Crippen LogP contribution in [0.1, 0.15) is 19.7 Å². The van der Waals surface area contributed by atoms with Crippen LogP contribution in [0.4, 0.5) is 4.39 Å². The second-order valence-electron chi connectivity index (χ2n) is 4.66. The number of ketones is 1. The monoisotopic (exact) mass is 278 g/mol. The number of aromatic nitrogens is 2. The van der Waals surface area contributed by atoms with E-state index >= 15 is 0 Å². The summed E-state index contributed by atoms with van der Waals surface area (Å²) in [4.78, 5) is 15.7. The van der Waals surface area contributed by atoms with E-state index in [9.17, 15) is 9.18 Å². The molecule has 1 heterocycles. The fourth-order valence-electron chi connectivity index (χ4n) is 1.60. The molecule has 2 aromatic rings. The Hall–Kier alpha value is -2.24. The lowest BCUT2D eigenvalue weighted by Crippen LogP contribution is -2.10. The van der Waals surface area contributed by atoms with Crippen LogP contribution < -0.4 is 4.74 Å². The number of carbonyl (C=O) groups excluding carboxylic acids is 1. The molecule has 0 radical (unpaired) electrons. The molecule has 0 fully saturated rings. The van der Waals surface area contributed by atoms with Gasteiger partial charge in [0, 0.05) is 11.5 Å². The van der Waals surface area contributed by atoms with Gasteiger partial charge < -0.3 is 9.26 Å². The van der Waals surface area contributed by atoms with Gasteiger partial charge in [-0.05, 0) is 18.2 Å².